The first kappa shape index (κ1) is 14.9. The molecule has 0 aliphatic carbocycles. The molecule has 1 amide bonds. The SMILES string of the molecule is CC(C)(C)OC(=O)N[C@@H](C(=O)O)c1csc(Br)n1. The van der Waals surface area contributed by atoms with Crippen molar-refractivity contribution < 1.29 is 19.4 Å². The predicted octanol–water partition coefficient (Wildman–Crippen LogP) is 2.56. The average Bonchev–Trinajstić information content (AvgIpc) is 2.57. The Balaban J connectivity index is 2.76. The van der Waals surface area contributed by atoms with Gasteiger partial charge in [0.15, 0.2) is 9.96 Å². The number of carbonyl (C=O) groups is 2. The number of hydrogen-bond acceptors (Lipinski definition) is 5. The maximum absolute atomic E-state index is 11.5. The number of aromatic nitrogens is 1. The molecule has 1 aromatic heterocycles. The highest BCUT2D eigenvalue weighted by molar-refractivity contribution is 9.11. The number of thiazole rings is 1. The molecular weight excluding hydrogens is 324 g/mol. The maximum Gasteiger partial charge on any atom is 0.408 e. The summed E-state index contributed by atoms with van der Waals surface area (Å²) in [5.41, 5.74) is -0.430. The molecule has 1 atom stereocenters. The zero-order chi connectivity index (χ0) is 13.9. The zero-order valence-corrected chi connectivity index (χ0v) is 12.5. The van der Waals surface area contributed by atoms with Crippen LogP contribution in [0.25, 0.3) is 0 Å². The molecule has 18 heavy (non-hydrogen) atoms. The summed E-state index contributed by atoms with van der Waals surface area (Å²) in [4.78, 5) is 26.6. The number of carboxylic acid groups (broad SMARTS) is 1. The molecule has 0 aromatic carbocycles. The molecule has 0 fully saturated rings. The molecule has 2 N–H and O–H groups in total. The van der Waals surface area contributed by atoms with Crippen LogP contribution in [0.1, 0.15) is 32.5 Å². The minimum absolute atomic E-state index is 0.255. The van der Waals surface area contributed by atoms with Gasteiger partial charge in [-0.1, -0.05) is 0 Å². The number of carbonyl (C=O) groups excluding carboxylic acids is 1. The summed E-state index contributed by atoms with van der Waals surface area (Å²) in [7, 11) is 0. The summed E-state index contributed by atoms with van der Waals surface area (Å²) in [5, 5.41) is 12.9. The van der Waals surface area contributed by atoms with E-state index in [0.29, 0.717) is 3.92 Å². The van der Waals surface area contributed by atoms with E-state index in [1.807, 2.05) is 0 Å². The second-order valence-electron chi connectivity index (χ2n) is 4.44. The quantitative estimate of drug-likeness (QED) is 0.885. The third-order valence-electron chi connectivity index (χ3n) is 1.70. The number of hydrogen-bond donors (Lipinski definition) is 2. The van der Waals surface area contributed by atoms with Crippen LogP contribution in [0.15, 0.2) is 9.30 Å². The van der Waals surface area contributed by atoms with Crippen molar-refractivity contribution in [2.75, 3.05) is 0 Å². The van der Waals surface area contributed by atoms with Gasteiger partial charge in [0.2, 0.25) is 0 Å². The minimum atomic E-state index is -1.22. The fourth-order valence-corrected chi connectivity index (χ4v) is 2.13. The molecule has 100 valence electrons. The summed E-state index contributed by atoms with van der Waals surface area (Å²) in [6, 6.07) is -1.22. The Morgan fingerprint density at radius 2 is 2.17 bits per heavy atom. The van der Waals surface area contributed by atoms with Gasteiger partial charge in [0, 0.05) is 5.38 Å². The molecule has 0 saturated carbocycles. The lowest BCUT2D eigenvalue weighted by molar-refractivity contribution is -0.139. The minimum Gasteiger partial charge on any atom is -0.479 e. The first-order valence-corrected chi connectivity index (χ1v) is 6.69. The molecule has 0 saturated heterocycles. The van der Waals surface area contributed by atoms with Gasteiger partial charge in [-0.15, -0.1) is 11.3 Å². The average molecular weight is 337 g/mol. The molecule has 1 rings (SSSR count). The molecule has 8 heteroatoms. The van der Waals surface area contributed by atoms with Gasteiger partial charge in [0.05, 0.1) is 5.69 Å². The number of carboxylic acids is 1. The van der Waals surface area contributed by atoms with Crippen LogP contribution in [-0.4, -0.2) is 27.8 Å². The lowest BCUT2D eigenvalue weighted by Crippen LogP contribution is -2.38. The Kier molecular flexibility index (Phi) is 4.69. The first-order valence-electron chi connectivity index (χ1n) is 5.02. The van der Waals surface area contributed by atoms with Crippen molar-refractivity contribution in [3.8, 4) is 0 Å². The molecule has 0 unspecified atom stereocenters. The van der Waals surface area contributed by atoms with E-state index in [9.17, 15) is 9.59 Å². The van der Waals surface area contributed by atoms with E-state index in [0.717, 1.165) is 0 Å². The van der Waals surface area contributed by atoms with E-state index < -0.39 is 23.7 Å². The van der Waals surface area contributed by atoms with E-state index in [2.05, 4.69) is 26.2 Å². The van der Waals surface area contributed by atoms with Crippen LogP contribution in [-0.2, 0) is 9.53 Å². The van der Waals surface area contributed by atoms with Crippen LogP contribution in [0, 0.1) is 0 Å². The van der Waals surface area contributed by atoms with Crippen molar-refractivity contribution in [3.05, 3.63) is 15.0 Å². The molecule has 0 spiro atoms. The molecule has 0 radical (unpaired) electrons. The second-order valence-corrected chi connectivity index (χ2v) is 6.58. The van der Waals surface area contributed by atoms with Crippen LogP contribution in [0.3, 0.4) is 0 Å². The summed E-state index contributed by atoms with van der Waals surface area (Å²) in [5.74, 6) is -1.20. The zero-order valence-electron chi connectivity index (χ0n) is 10.1. The Morgan fingerprint density at radius 3 is 2.56 bits per heavy atom. The van der Waals surface area contributed by atoms with Crippen molar-refractivity contribution in [1.82, 2.24) is 10.3 Å². The molecule has 6 nitrogen and oxygen atoms in total. The number of halogens is 1. The highest BCUT2D eigenvalue weighted by atomic mass is 79.9. The van der Waals surface area contributed by atoms with Gasteiger partial charge in [-0.05, 0) is 36.7 Å². The van der Waals surface area contributed by atoms with E-state index in [4.69, 9.17) is 9.84 Å². The van der Waals surface area contributed by atoms with Crippen LogP contribution < -0.4 is 5.32 Å². The number of nitrogens with one attached hydrogen (secondary N) is 1. The van der Waals surface area contributed by atoms with Crippen molar-refractivity contribution in [2.45, 2.75) is 32.4 Å². The van der Waals surface area contributed by atoms with Crippen LogP contribution >= 0.6 is 27.3 Å². The monoisotopic (exact) mass is 336 g/mol. The standard InChI is InChI=1S/C10H13BrN2O4S/c1-10(2,3)17-9(16)13-6(7(14)15)5-4-18-8(11)12-5/h4,6H,1-3H3,(H,13,16)(H,14,15)/t6-/m1/s1. The number of aliphatic carboxylic acids is 1. The highest BCUT2D eigenvalue weighted by Crippen LogP contribution is 2.21. The Bertz CT molecular complexity index is 455. The molecular formula is C10H13BrN2O4S. The van der Waals surface area contributed by atoms with Crippen molar-refractivity contribution in [1.29, 1.82) is 0 Å². The lowest BCUT2D eigenvalue weighted by atomic mass is 10.2. The van der Waals surface area contributed by atoms with Crippen LogP contribution in [0.4, 0.5) is 4.79 Å². The van der Waals surface area contributed by atoms with E-state index in [1.54, 1.807) is 26.2 Å². The fourth-order valence-electron chi connectivity index (χ4n) is 1.08. The lowest BCUT2D eigenvalue weighted by Gasteiger charge is -2.21. The van der Waals surface area contributed by atoms with Gasteiger partial charge in [0.1, 0.15) is 5.60 Å². The van der Waals surface area contributed by atoms with Crippen molar-refractivity contribution in [2.24, 2.45) is 0 Å². The Labute approximate surface area is 116 Å². The Hall–Kier alpha value is -1.15. The van der Waals surface area contributed by atoms with Gasteiger partial charge in [-0.25, -0.2) is 14.6 Å². The Morgan fingerprint density at radius 1 is 1.56 bits per heavy atom. The fraction of sp³-hybridized carbons (Fsp3) is 0.500. The smallest absolute Gasteiger partial charge is 0.408 e. The third-order valence-corrected chi connectivity index (χ3v) is 3.08. The number of rotatable bonds is 3. The number of nitrogens with zero attached hydrogens (tertiary/aromatic N) is 1. The number of ether oxygens (including phenoxy) is 1. The topological polar surface area (TPSA) is 88.5 Å². The molecule has 1 aromatic rings. The first-order chi connectivity index (χ1) is 8.19. The highest BCUT2D eigenvalue weighted by Gasteiger charge is 2.27. The van der Waals surface area contributed by atoms with E-state index in [1.165, 1.54) is 11.3 Å². The largest absolute Gasteiger partial charge is 0.479 e. The van der Waals surface area contributed by atoms with Gasteiger partial charge in [0.25, 0.3) is 0 Å². The van der Waals surface area contributed by atoms with Gasteiger partial charge >= 0.3 is 12.1 Å². The number of alkyl carbamates (subject to hydrolysis) is 1. The molecule has 0 aliphatic rings. The summed E-state index contributed by atoms with van der Waals surface area (Å²) in [6.07, 6.45) is -0.793. The normalized spacial score (nSPS) is 12.9. The van der Waals surface area contributed by atoms with Crippen LogP contribution in [0.5, 0.6) is 0 Å². The summed E-state index contributed by atoms with van der Waals surface area (Å²) in [6.45, 7) is 5.09. The molecule has 0 aliphatic heterocycles. The predicted molar refractivity (Wildman–Crippen MR) is 69.6 cm³/mol. The van der Waals surface area contributed by atoms with Crippen molar-refractivity contribution >= 4 is 39.3 Å². The van der Waals surface area contributed by atoms with E-state index in [-0.39, 0.29) is 5.69 Å². The van der Waals surface area contributed by atoms with E-state index >= 15 is 0 Å². The van der Waals surface area contributed by atoms with Gasteiger partial charge in [-0.2, -0.15) is 0 Å². The van der Waals surface area contributed by atoms with Gasteiger partial charge in [-0.3, -0.25) is 0 Å². The summed E-state index contributed by atoms with van der Waals surface area (Å²) >= 11 is 4.38. The molecule has 0 bridgehead atoms. The molecule has 1 heterocycles. The number of amides is 1. The van der Waals surface area contributed by atoms with Crippen molar-refractivity contribution in [3.63, 3.8) is 0 Å². The maximum atomic E-state index is 11.5. The second kappa shape index (κ2) is 5.66. The summed E-state index contributed by atoms with van der Waals surface area (Å²) < 4.78 is 5.55. The van der Waals surface area contributed by atoms with Crippen LogP contribution in [0.2, 0.25) is 0 Å². The third kappa shape index (κ3) is 4.61. The van der Waals surface area contributed by atoms with Gasteiger partial charge < -0.3 is 15.2 Å².